The maximum atomic E-state index is 11.2. The van der Waals surface area contributed by atoms with Gasteiger partial charge in [-0.1, -0.05) is 0 Å². The van der Waals surface area contributed by atoms with Crippen molar-refractivity contribution in [2.24, 2.45) is 22.9 Å². The van der Waals surface area contributed by atoms with Gasteiger partial charge in [0.25, 0.3) is 0 Å². The summed E-state index contributed by atoms with van der Waals surface area (Å²) in [6, 6.07) is -4.25. The minimum Gasteiger partial charge on any atom is -0.481 e. The predicted molar refractivity (Wildman–Crippen MR) is 118 cm³/mol. The Bertz CT molecular complexity index is 679. The van der Waals surface area contributed by atoms with E-state index >= 15 is 0 Å². The van der Waals surface area contributed by atoms with Crippen LogP contribution in [0.4, 0.5) is 0 Å². The molecule has 16 nitrogen and oxygen atoms in total. The average Bonchev–Trinajstić information content (AvgIpc) is 2.73. The number of nitrogens with two attached hydrogens (primary N) is 4. The average molecular weight is 517 g/mol. The fraction of sp³-hybridized carbons (Fsp3) is 0.647. The van der Waals surface area contributed by atoms with Crippen LogP contribution < -0.4 is 22.9 Å². The smallest absolute Gasteiger partial charge is 0.324 e. The number of aliphatic carboxylic acids is 5. The Morgan fingerprint density at radius 3 is 1.50 bits per heavy atom. The molecule has 0 amide bonds. The number of esters is 1. The van der Waals surface area contributed by atoms with E-state index in [0.29, 0.717) is 6.42 Å². The molecule has 0 heterocycles. The summed E-state index contributed by atoms with van der Waals surface area (Å²) in [4.78, 5) is 61.0. The second kappa shape index (κ2) is 20.6. The van der Waals surface area contributed by atoms with Gasteiger partial charge >= 0.3 is 35.8 Å². The van der Waals surface area contributed by atoms with Gasteiger partial charge in [-0.05, 0) is 24.9 Å². The monoisotopic (exact) mass is 516 g/mol. The van der Waals surface area contributed by atoms with E-state index in [1.165, 1.54) is 0 Å². The highest BCUT2D eigenvalue weighted by Crippen LogP contribution is 2.00. The van der Waals surface area contributed by atoms with Crippen molar-refractivity contribution in [3.8, 4) is 0 Å². The first-order chi connectivity index (χ1) is 15.6. The summed E-state index contributed by atoms with van der Waals surface area (Å²) in [5.41, 5.74) is 20.5. The molecule has 0 aliphatic heterocycles. The van der Waals surface area contributed by atoms with Gasteiger partial charge in [0, 0.05) is 6.42 Å². The number of carboxylic acid groups (broad SMARTS) is 5. The number of carboxylic acids is 5. The lowest BCUT2D eigenvalue weighted by atomic mass is 10.2. The van der Waals surface area contributed by atoms with Gasteiger partial charge < -0.3 is 53.2 Å². The van der Waals surface area contributed by atoms with Crippen molar-refractivity contribution in [2.75, 3.05) is 18.6 Å². The highest BCUT2D eigenvalue weighted by molar-refractivity contribution is 7.98. The molecule has 0 spiro atoms. The molecule has 0 aromatic carbocycles. The van der Waals surface area contributed by atoms with Crippen LogP contribution in [-0.4, -0.2) is 104 Å². The summed E-state index contributed by atoms with van der Waals surface area (Å²) in [5, 5.41) is 40.7. The van der Waals surface area contributed by atoms with E-state index in [2.05, 4.69) is 4.74 Å². The molecule has 0 bridgehead atoms. The molecule has 0 radical (unpaired) electrons. The lowest BCUT2D eigenvalue weighted by molar-refractivity contribution is -0.149. The van der Waals surface area contributed by atoms with Crippen LogP contribution >= 0.6 is 11.8 Å². The van der Waals surface area contributed by atoms with Crippen molar-refractivity contribution in [1.29, 1.82) is 0 Å². The Kier molecular flexibility index (Phi) is 21.6. The Morgan fingerprint density at radius 1 is 0.706 bits per heavy atom. The Labute approximate surface area is 198 Å². The van der Waals surface area contributed by atoms with E-state index in [1.807, 2.05) is 6.26 Å². The molecule has 198 valence electrons. The van der Waals surface area contributed by atoms with Crippen molar-refractivity contribution >= 4 is 47.6 Å². The van der Waals surface area contributed by atoms with Crippen molar-refractivity contribution in [3.63, 3.8) is 0 Å². The van der Waals surface area contributed by atoms with Gasteiger partial charge in [-0.3, -0.25) is 28.8 Å². The molecule has 34 heavy (non-hydrogen) atoms. The van der Waals surface area contributed by atoms with Crippen LogP contribution in [0.3, 0.4) is 0 Å². The van der Waals surface area contributed by atoms with Gasteiger partial charge in [-0.2, -0.15) is 11.8 Å². The SMILES string of the molecule is CSCC[C@H](N)C(=O)OC[C@H](N)C(=O)O.N[C@@H](CC(=O)O)C(=O)O.N[C@@H](CCC(=O)O)C(=O)O. The Hall–Kier alpha value is -2.99. The first-order valence-electron chi connectivity index (χ1n) is 9.36. The van der Waals surface area contributed by atoms with Crippen LogP contribution in [0.15, 0.2) is 0 Å². The predicted octanol–water partition coefficient (Wildman–Crippen LogP) is -2.84. The molecule has 0 aromatic heterocycles. The molecule has 0 aliphatic rings. The fourth-order valence-electron chi connectivity index (χ4n) is 1.39. The summed E-state index contributed by atoms with van der Waals surface area (Å²) in [6.07, 6.45) is 1.65. The van der Waals surface area contributed by atoms with Crippen LogP contribution in [0, 0.1) is 0 Å². The third kappa shape index (κ3) is 23.7. The topological polar surface area (TPSA) is 317 Å². The normalized spacial score (nSPS) is 13.3. The first-order valence-corrected chi connectivity index (χ1v) is 10.8. The number of ether oxygens (including phenoxy) is 1. The van der Waals surface area contributed by atoms with Crippen LogP contribution in [0.25, 0.3) is 0 Å². The molecule has 0 rings (SSSR count). The minimum atomic E-state index is -1.29. The van der Waals surface area contributed by atoms with Gasteiger partial charge in [0.05, 0.1) is 6.42 Å². The number of rotatable bonds is 14. The molecule has 17 heteroatoms. The number of carbonyl (C=O) groups excluding carboxylic acids is 1. The van der Waals surface area contributed by atoms with Gasteiger partial charge in [-0.25, -0.2) is 0 Å². The van der Waals surface area contributed by atoms with E-state index in [0.717, 1.165) is 5.75 Å². The van der Waals surface area contributed by atoms with Gasteiger partial charge in [0.2, 0.25) is 0 Å². The number of thioether (sulfide) groups is 1. The quantitative estimate of drug-likeness (QED) is 0.105. The summed E-state index contributed by atoms with van der Waals surface area (Å²) >= 11 is 1.57. The molecule has 0 fully saturated rings. The van der Waals surface area contributed by atoms with Gasteiger partial charge in [-0.15, -0.1) is 0 Å². The highest BCUT2D eigenvalue weighted by Gasteiger charge is 2.18. The second-order valence-corrected chi connectivity index (χ2v) is 7.37. The lowest BCUT2D eigenvalue weighted by Crippen LogP contribution is -2.39. The zero-order valence-electron chi connectivity index (χ0n) is 18.4. The molecule has 0 aromatic rings. The maximum Gasteiger partial charge on any atom is 0.324 e. The summed E-state index contributed by atoms with van der Waals surface area (Å²) < 4.78 is 4.64. The molecule has 0 saturated carbocycles. The van der Waals surface area contributed by atoms with E-state index in [4.69, 9.17) is 48.5 Å². The van der Waals surface area contributed by atoms with Crippen LogP contribution in [0.2, 0.25) is 0 Å². The summed E-state index contributed by atoms with van der Waals surface area (Å²) in [6.45, 7) is -0.346. The fourth-order valence-corrected chi connectivity index (χ4v) is 1.88. The first kappa shape index (κ1) is 35.6. The molecule has 13 N–H and O–H groups in total. The molecule has 4 atom stereocenters. The van der Waals surface area contributed by atoms with Crippen molar-refractivity contribution < 1.29 is 59.0 Å². The van der Waals surface area contributed by atoms with E-state index < -0.39 is 66.4 Å². The molecule has 0 aliphatic carbocycles. The third-order valence-electron chi connectivity index (χ3n) is 3.36. The number of hydrogen-bond donors (Lipinski definition) is 9. The summed E-state index contributed by atoms with van der Waals surface area (Å²) in [7, 11) is 0. The third-order valence-corrected chi connectivity index (χ3v) is 4.00. The van der Waals surface area contributed by atoms with Gasteiger partial charge in [0.15, 0.2) is 0 Å². The number of hydrogen-bond acceptors (Lipinski definition) is 12. The van der Waals surface area contributed by atoms with E-state index in [1.54, 1.807) is 11.8 Å². The lowest BCUT2D eigenvalue weighted by Gasteiger charge is -2.12. The largest absolute Gasteiger partial charge is 0.481 e. The number of carbonyl (C=O) groups is 6. The highest BCUT2D eigenvalue weighted by atomic mass is 32.2. The van der Waals surface area contributed by atoms with Crippen LogP contribution in [-0.2, 0) is 33.5 Å². The standard InChI is InChI=1S/C8H16N2O4S.C5H9NO4.C4H7NO4/c1-15-3-2-5(9)8(13)14-4-6(10)7(11)12;6-3(5(9)10)1-2-4(7)8;5-2(4(8)9)1-3(6)7/h5-6H,2-4,9-10H2,1H3,(H,11,12);3H,1-2,6H2,(H,7,8)(H,9,10);2H,1,5H2,(H,6,7)(H,8,9)/t5-,6-;3-;2-/m000/s1. The summed E-state index contributed by atoms with van der Waals surface area (Å²) in [5.74, 6) is -5.76. The van der Waals surface area contributed by atoms with Crippen LogP contribution in [0.5, 0.6) is 0 Å². The zero-order valence-corrected chi connectivity index (χ0v) is 19.2. The van der Waals surface area contributed by atoms with Crippen molar-refractivity contribution in [1.82, 2.24) is 0 Å². The van der Waals surface area contributed by atoms with Gasteiger partial charge in [0.1, 0.15) is 30.8 Å². The van der Waals surface area contributed by atoms with Crippen molar-refractivity contribution in [3.05, 3.63) is 0 Å². The molecule has 0 saturated heterocycles. The second-order valence-electron chi connectivity index (χ2n) is 6.38. The maximum absolute atomic E-state index is 11.2. The minimum absolute atomic E-state index is 0.0231. The van der Waals surface area contributed by atoms with E-state index in [9.17, 15) is 28.8 Å². The zero-order chi connectivity index (χ0) is 27.4. The van der Waals surface area contributed by atoms with E-state index in [-0.39, 0.29) is 19.4 Å². The molecular formula is C17H32N4O12S. The van der Waals surface area contributed by atoms with Crippen LogP contribution in [0.1, 0.15) is 25.7 Å². The van der Waals surface area contributed by atoms with Crippen molar-refractivity contribution in [2.45, 2.75) is 49.9 Å². The molecular weight excluding hydrogens is 484 g/mol. The Morgan fingerprint density at radius 2 is 1.18 bits per heavy atom. The molecule has 0 unspecified atom stereocenters. The Balaban J connectivity index is -0.000000444.